The summed E-state index contributed by atoms with van der Waals surface area (Å²) >= 11 is 15.3. The number of hydrogen-bond donors (Lipinski definition) is 1. The van der Waals surface area contributed by atoms with Gasteiger partial charge in [-0.15, -0.1) is 10.2 Å². The second kappa shape index (κ2) is 17.0. The molecule has 0 saturated carbocycles. The third-order valence-corrected chi connectivity index (χ3v) is 8.19. The van der Waals surface area contributed by atoms with Gasteiger partial charge in [-0.3, -0.25) is 0 Å². The smallest absolute Gasteiger partial charge is 0.482 e. The number of benzene rings is 1. The van der Waals surface area contributed by atoms with E-state index in [9.17, 15) is 4.39 Å². The summed E-state index contributed by atoms with van der Waals surface area (Å²) in [7, 11) is -0.365. The highest BCUT2D eigenvalue weighted by Gasteiger charge is 2.51. The lowest BCUT2D eigenvalue weighted by Crippen LogP contribution is -2.41. The van der Waals surface area contributed by atoms with Gasteiger partial charge in [0.15, 0.2) is 11.6 Å². The van der Waals surface area contributed by atoms with E-state index in [2.05, 4.69) is 56.0 Å². The van der Waals surface area contributed by atoms with Crippen LogP contribution >= 0.6 is 39.1 Å². The first-order valence-electron chi connectivity index (χ1n) is 14.0. The van der Waals surface area contributed by atoms with Gasteiger partial charge < -0.3 is 19.8 Å². The average Bonchev–Trinajstić information content (AvgIpc) is 3.28. The van der Waals surface area contributed by atoms with Crippen molar-refractivity contribution in [2.24, 2.45) is 0 Å². The van der Waals surface area contributed by atoms with Crippen molar-refractivity contribution in [3.63, 3.8) is 0 Å². The summed E-state index contributed by atoms with van der Waals surface area (Å²) in [5, 5.41) is 8.05. The highest BCUT2D eigenvalue weighted by atomic mass is 79.9. The van der Waals surface area contributed by atoms with Gasteiger partial charge in [-0.25, -0.2) is 34.3 Å². The first-order valence-corrected chi connectivity index (χ1v) is 15.5. The zero-order chi connectivity index (χ0) is 34.2. The second-order valence-electron chi connectivity index (χ2n) is 10.9. The van der Waals surface area contributed by atoms with Crippen molar-refractivity contribution in [1.29, 1.82) is 0 Å². The highest BCUT2D eigenvalue weighted by molar-refractivity contribution is 9.10. The Morgan fingerprint density at radius 1 is 0.854 bits per heavy atom. The van der Waals surface area contributed by atoms with Crippen LogP contribution in [0.5, 0.6) is 5.75 Å². The van der Waals surface area contributed by atoms with Crippen LogP contribution in [-0.4, -0.2) is 58.4 Å². The maximum atomic E-state index is 13.7. The van der Waals surface area contributed by atoms with Crippen molar-refractivity contribution in [2.45, 2.75) is 59.4 Å². The fourth-order valence-corrected chi connectivity index (χ4v) is 4.82. The number of anilines is 1. The van der Waals surface area contributed by atoms with E-state index >= 15 is 0 Å². The van der Waals surface area contributed by atoms with E-state index in [1.165, 1.54) is 31.1 Å². The fourth-order valence-electron chi connectivity index (χ4n) is 3.91. The molecule has 6 rings (SSSR count). The quantitative estimate of drug-likeness (QED) is 0.149. The molecule has 1 atom stereocenters. The molecule has 48 heavy (non-hydrogen) atoms. The van der Waals surface area contributed by atoms with Crippen LogP contribution in [0.4, 0.5) is 10.2 Å². The topological polar surface area (TPSA) is 157 Å². The Morgan fingerprint density at radius 3 is 1.90 bits per heavy atom. The molecule has 2 N–H and O–H groups in total. The van der Waals surface area contributed by atoms with E-state index in [-0.39, 0.29) is 47.4 Å². The normalized spacial score (nSPS) is 14.7. The van der Waals surface area contributed by atoms with E-state index < -0.39 is 11.9 Å². The number of nitrogens with two attached hydrogens (primary N) is 1. The van der Waals surface area contributed by atoms with Gasteiger partial charge in [0.1, 0.15) is 30.9 Å². The molecule has 252 valence electrons. The Hall–Kier alpha value is -3.89. The predicted octanol–water partition coefficient (Wildman–Crippen LogP) is 6.75. The Labute approximate surface area is 297 Å². The van der Waals surface area contributed by atoms with Gasteiger partial charge in [0.25, 0.3) is 0 Å². The van der Waals surface area contributed by atoms with Gasteiger partial charge in [0, 0.05) is 64.9 Å². The summed E-state index contributed by atoms with van der Waals surface area (Å²) in [6, 6.07) is 4.20. The van der Waals surface area contributed by atoms with Gasteiger partial charge in [-0.05, 0) is 62.7 Å². The molecular formula is C31H34BBrCl2FN9O3. The molecule has 4 aromatic heterocycles. The Balaban J connectivity index is 0.000000229. The molecule has 0 aliphatic carbocycles. The van der Waals surface area contributed by atoms with Crippen LogP contribution in [0.2, 0.25) is 10.0 Å². The first-order chi connectivity index (χ1) is 22.3. The number of aromatic nitrogens is 8. The van der Waals surface area contributed by atoms with Crippen LogP contribution in [0, 0.1) is 5.82 Å². The lowest BCUT2D eigenvalue weighted by Gasteiger charge is -2.32. The van der Waals surface area contributed by atoms with Crippen molar-refractivity contribution >= 4 is 57.5 Å². The zero-order valence-electron chi connectivity index (χ0n) is 26.0. The Bertz CT molecular complexity index is 1750. The van der Waals surface area contributed by atoms with E-state index in [0.29, 0.717) is 16.8 Å². The molecule has 0 radical (unpaired) electrons. The van der Waals surface area contributed by atoms with Crippen molar-refractivity contribution < 1.29 is 18.4 Å². The second-order valence-corrected chi connectivity index (χ2v) is 12.6. The molecule has 5 heterocycles. The molecular weight excluding hydrogens is 727 g/mol. The molecule has 1 aliphatic heterocycles. The molecule has 1 fully saturated rings. The van der Waals surface area contributed by atoms with Gasteiger partial charge in [-0.2, -0.15) is 0 Å². The van der Waals surface area contributed by atoms with E-state index in [4.69, 9.17) is 43.0 Å². The monoisotopic (exact) mass is 759 g/mol. The third kappa shape index (κ3) is 9.83. The lowest BCUT2D eigenvalue weighted by molar-refractivity contribution is 0.00578. The molecule has 1 saturated heterocycles. The molecule has 1 aromatic carbocycles. The Morgan fingerprint density at radius 2 is 1.38 bits per heavy atom. The van der Waals surface area contributed by atoms with Crippen LogP contribution in [0.15, 0.2) is 78.8 Å². The summed E-state index contributed by atoms with van der Waals surface area (Å²) in [6.07, 6.45) is 13.7. The minimum Gasteiger partial charge on any atom is -0.482 e. The SMILES string of the molecule is Brc1cncnc1.C.CC(Oc1cc(-c2cncnc2)nnc1N)c1c(Cl)ccc(F)c1Cl.CC1(C)OB(c2cncnc2)OC1(C)C. The standard InChI is InChI=1S/C16H12Cl2FN5O.C10H15BN2O2.C4H3BrN2.CH4/c1-8(14-10(17)2-3-11(19)15(14)18)25-13-4-12(23-24-16(13)20)9-5-21-7-22-6-9;1-9(2)10(3,4)15-11(14-9)8-5-12-7-13-6-8;5-4-1-6-3-7-2-4;/h2-8H,1H3,(H2,20,24);5-7H,1-4H3;1-3H;1H4. The minimum atomic E-state index is -0.665. The van der Waals surface area contributed by atoms with Gasteiger partial charge in [0.05, 0.1) is 26.4 Å². The first kappa shape index (κ1) is 38.6. The predicted molar refractivity (Wildman–Crippen MR) is 187 cm³/mol. The average molecular weight is 761 g/mol. The van der Waals surface area contributed by atoms with Crippen molar-refractivity contribution in [1.82, 2.24) is 40.1 Å². The van der Waals surface area contributed by atoms with Crippen LogP contribution in [-0.2, 0) is 9.31 Å². The maximum Gasteiger partial charge on any atom is 0.498 e. The highest BCUT2D eigenvalue weighted by Crippen LogP contribution is 2.37. The fraction of sp³-hybridized carbons (Fsp3) is 0.290. The van der Waals surface area contributed by atoms with Gasteiger partial charge >= 0.3 is 7.12 Å². The lowest BCUT2D eigenvalue weighted by atomic mass is 9.81. The molecule has 0 bridgehead atoms. The summed E-state index contributed by atoms with van der Waals surface area (Å²) in [4.78, 5) is 23.2. The molecule has 17 heteroatoms. The number of halogens is 4. The van der Waals surface area contributed by atoms with Crippen LogP contribution in [0.3, 0.4) is 0 Å². The molecule has 12 nitrogen and oxygen atoms in total. The van der Waals surface area contributed by atoms with Crippen molar-refractivity contribution in [3.8, 4) is 17.0 Å². The number of nitrogen functional groups attached to an aromatic ring is 1. The van der Waals surface area contributed by atoms with Crippen LogP contribution < -0.4 is 15.9 Å². The van der Waals surface area contributed by atoms with Crippen molar-refractivity contribution in [3.05, 3.63) is 100 Å². The molecule has 1 unspecified atom stereocenters. The summed E-state index contributed by atoms with van der Waals surface area (Å²) in [6.45, 7) is 9.78. The Kier molecular flexibility index (Phi) is 13.6. The minimum absolute atomic E-state index is 0. The van der Waals surface area contributed by atoms with E-state index in [1.54, 1.807) is 50.2 Å². The summed E-state index contributed by atoms with van der Waals surface area (Å²) in [5.74, 6) is -0.242. The number of hydrogen-bond acceptors (Lipinski definition) is 12. The van der Waals surface area contributed by atoms with Gasteiger partial charge in [-0.1, -0.05) is 30.6 Å². The van der Waals surface area contributed by atoms with E-state index in [0.717, 1.165) is 9.94 Å². The van der Waals surface area contributed by atoms with Crippen molar-refractivity contribution in [2.75, 3.05) is 5.73 Å². The number of nitrogens with zero attached hydrogens (tertiary/aromatic N) is 8. The number of ether oxygens (including phenoxy) is 1. The van der Waals surface area contributed by atoms with Crippen LogP contribution in [0.1, 0.15) is 53.7 Å². The summed E-state index contributed by atoms with van der Waals surface area (Å²) < 4.78 is 32.1. The molecule has 0 amide bonds. The third-order valence-electron chi connectivity index (χ3n) is 7.07. The maximum absolute atomic E-state index is 13.7. The molecule has 5 aromatic rings. The van der Waals surface area contributed by atoms with Crippen LogP contribution in [0.25, 0.3) is 11.3 Å². The molecule has 1 aliphatic rings. The molecule has 0 spiro atoms. The zero-order valence-corrected chi connectivity index (χ0v) is 29.1. The number of rotatable bonds is 5. The summed E-state index contributed by atoms with van der Waals surface area (Å²) in [5.41, 5.74) is 7.51. The van der Waals surface area contributed by atoms with E-state index in [1.807, 2.05) is 27.7 Å². The van der Waals surface area contributed by atoms with Gasteiger partial charge in [0.2, 0.25) is 0 Å². The largest absolute Gasteiger partial charge is 0.498 e.